The van der Waals surface area contributed by atoms with E-state index in [2.05, 4.69) is 0 Å². The maximum absolute atomic E-state index is 14.9. The Morgan fingerprint density at radius 1 is 0.951 bits per heavy atom. The third kappa shape index (κ3) is 3.91. The Kier molecular flexibility index (Phi) is 6.66. The molecule has 6 rings (SSSR count). The maximum Gasteiger partial charge on any atom is 0.253 e. The molecule has 1 N–H and O–H groups in total. The summed E-state index contributed by atoms with van der Waals surface area (Å²) in [5, 5.41) is 10.7. The van der Waals surface area contributed by atoms with E-state index < -0.39 is 35.1 Å². The quantitative estimate of drug-likeness (QED) is 0.572. The standard InChI is InChI=1S/C33H37N3O5/c1-5-32-15-9-17-34(4)29(38)26(32)27-30(39)36(25(20-37)23-11-7-6-8-12-23)28-31(40)35(18-10-16-33(27,28)41-32)24-19-21(2)13-14-22(24)3/h6-16,19,25-28,37H,5,17-18,20H2,1-4H3/t25-,26-,27+,28?,32+,33+/m1/s1. The Morgan fingerprint density at radius 3 is 2.39 bits per heavy atom. The molecule has 2 aromatic rings. The van der Waals surface area contributed by atoms with Gasteiger partial charge < -0.3 is 24.5 Å². The van der Waals surface area contributed by atoms with Gasteiger partial charge in [-0.15, -0.1) is 0 Å². The summed E-state index contributed by atoms with van der Waals surface area (Å²) in [6.45, 7) is 6.22. The largest absolute Gasteiger partial charge is 0.394 e. The van der Waals surface area contributed by atoms with E-state index in [0.29, 0.717) is 25.1 Å². The normalized spacial score (nSPS) is 31.6. The Labute approximate surface area is 240 Å². The van der Waals surface area contributed by atoms with Crippen LogP contribution < -0.4 is 4.90 Å². The molecular formula is C33H37N3O5. The van der Waals surface area contributed by atoms with Crippen molar-refractivity contribution in [3.05, 3.63) is 89.5 Å². The number of hydrogen-bond acceptors (Lipinski definition) is 5. The van der Waals surface area contributed by atoms with E-state index in [1.165, 1.54) is 4.90 Å². The number of fused-ring (bicyclic) bond motifs is 2. The molecule has 0 aromatic heterocycles. The first-order chi connectivity index (χ1) is 19.7. The van der Waals surface area contributed by atoms with Gasteiger partial charge in [0.05, 0.1) is 30.1 Å². The predicted octanol–water partition coefficient (Wildman–Crippen LogP) is 3.33. The zero-order valence-corrected chi connectivity index (χ0v) is 24.0. The summed E-state index contributed by atoms with van der Waals surface area (Å²) in [4.78, 5) is 48.4. The Bertz CT molecular complexity index is 1450. The predicted molar refractivity (Wildman–Crippen MR) is 155 cm³/mol. The van der Waals surface area contributed by atoms with E-state index in [1.54, 1.807) is 16.8 Å². The SMILES string of the molecule is CC[C@]12C=CCN(C)C(=O)[C@H]1[C@H]1C(=O)N([C@H](CO)c3ccccc3)C3C(=O)N(c4cc(C)ccc4C)CC=C[C@@]31O2. The van der Waals surface area contributed by atoms with Gasteiger partial charge >= 0.3 is 0 Å². The van der Waals surface area contributed by atoms with Gasteiger partial charge in [-0.25, -0.2) is 0 Å². The monoisotopic (exact) mass is 555 g/mol. The molecular weight excluding hydrogens is 518 g/mol. The van der Waals surface area contributed by atoms with Crippen molar-refractivity contribution >= 4 is 23.4 Å². The van der Waals surface area contributed by atoms with Gasteiger partial charge in [0, 0.05) is 25.8 Å². The second-order valence-corrected chi connectivity index (χ2v) is 11.7. The highest BCUT2D eigenvalue weighted by Crippen LogP contribution is 2.59. The number of rotatable bonds is 5. The van der Waals surface area contributed by atoms with Crippen molar-refractivity contribution in [3.8, 4) is 0 Å². The lowest BCUT2D eigenvalue weighted by atomic mass is 9.73. The highest BCUT2D eigenvalue weighted by atomic mass is 16.5. The van der Waals surface area contributed by atoms with Gasteiger partial charge in [0.1, 0.15) is 11.6 Å². The molecule has 1 unspecified atom stereocenters. The van der Waals surface area contributed by atoms with E-state index in [0.717, 1.165) is 16.8 Å². The summed E-state index contributed by atoms with van der Waals surface area (Å²) in [5.41, 5.74) is 1.00. The lowest BCUT2D eigenvalue weighted by Gasteiger charge is -2.41. The highest BCUT2D eigenvalue weighted by Gasteiger charge is 2.76. The van der Waals surface area contributed by atoms with Gasteiger partial charge in [0.25, 0.3) is 5.91 Å². The molecule has 1 spiro atoms. The van der Waals surface area contributed by atoms with Crippen molar-refractivity contribution in [2.45, 2.75) is 50.5 Å². The summed E-state index contributed by atoms with van der Waals surface area (Å²) in [6.07, 6.45) is 8.06. The number of likely N-dealkylation sites (tertiary alicyclic amines) is 1. The van der Waals surface area contributed by atoms with Gasteiger partial charge in [-0.1, -0.05) is 73.7 Å². The summed E-state index contributed by atoms with van der Waals surface area (Å²) in [6, 6.07) is 13.3. The minimum Gasteiger partial charge on any atom is -0.394 e. The number of aliphatic hydroxyl groups is 1. The molecule has 41 heavy (non-hydrogen) atoms. The van der Waals surface area contributed by atoms with E-state index in [1.807, 2.05) is 93.6 Å². The molecule has 4 aliphatic rings. The number of carbonyl (C=O) groups excluding carboxylic acids is 3. The molecule has 3 amide bonds. The van der Waals surface area contributed by atoms with Crippen LogP contribution in [0.15, 0.2) is 72.8 Å². The average Bonchev–Trinajstić information content (AvgIpc) is 3.27. The fourth-order valence-electron chi connectivity index (χ4n) is 7.41. The van der Waals surface area contributed by atoms with Crippen molar-refractivity contribution in [2.24, 2.45) is 11.8 Å². The third-order valence-electron chi connectivity index (χ3n) is 9.43. The Morgan fingerprint density at radius 2 is 1.68 bits per heavy atom. The fourth-order valence-corrected chi connectivity index (χ4v) is 7.41. The van der Waals surface area contributed by atoms with E-state index in [-0.39, 0.29) is 24.3 Å². The third-order valence-corrected chi connectivity index (χ3v) is 9.43. The van der Waals surface area contributed by atoms with Crippen LogP contribution in [0.5, 0.6) is 0 Å². The van der Waals surface area contributed by atoms with Crippen LogP contribution in [-0.4, -0.2) is 76.6 Å². The molecule has 6 atom stereocenters. The van der Waals surface area contributed by atoms with Crippen LogP contribution in [0.4, 0.5) is 5.69 Å². The van der Waals surface area contributed by atoms with Crippen molar-refractivity contribution in [1.82, 2.24) is 9.80 Å². The minimum absolute atomic E-state index is 0.176. The second-order valence-electron chi connectivity index (χ2n) is 11.7. The number of anilines is 1. The summed E-state index contributed by atoms with van der Waals surface area (Å²) in [7, 11) is 1.73. The van der Waals surface area contributed by atoms with Crippen molar-refractivity contribution in [1.29, 1.82) is 0 Å². The molecule has 2 fully saturated rings. The first-order valence-electron chi connectivity index (χ1n) is 14.4. The Hall–Kier alpha value is -3.75. The van der Waals surface area contributed by atoms with Crippen LogP contribution in [0.3, 0.4) is 0 Å². The number of nitrogens with zero attached hydrogens (tertiary/aromatic N) is 3. The molecule has 4 heterocycles. The maximum atomic E-state index is 14.9. The highest BCUT2D eigenvalue weighted by molar-refractivity contribution is 6.06. The molecule has 2 aromatic carbocycles. The lowest BCUT2D eigenvalue weighted by Crippen LogP contribution is -2.57. The van der Waals surface area contributed by atoms with Crippen LogP contribution in [-0.2, 0) is 19.1 Å². The Balaban J connectivity index is 1.57. The smallest absolute Gasteiger partial charge is 0.253 e. The fraction of sp³-hybridized carbons (Fsp3) is 0.424. The number of carbonyl (C=O) groups is 3. The molecule has 0 radical (unpaired) electrons. The summed E-state index contributed by atoms with van der Waals surface area (Å²) < 4.78 is 7.02. The van der Waals surface area contributed by atoms with Gasteiger partial charge in [0.2, 0.25) is 11.8 Å². The summed E-state index contributed by atoms with van der Waals surface area (Å²) in [5.74, 6) is -2.56. The van der Waals surface area contributed by atoms with Crippen LogP contribution in [0.1, 0.15) is 36.1 Å². The molecule has 214 valence electrons. The van der Waals surface area contributed by atoms with Crippen LogP contribution in [0, 0.1) is 25.7 Å². The molecule has 8 heteroatoms. The number of benzene rings is 2. The number of aryl methyl sites for hydroxylation is 2. The van der Waals surface area contributed by atoms with Gasteiger partial charge in [-0.2, -0.15) is 0 Å². The number of aliphatic hydroxyl groups excluding tert-OH is 1. The molecule has 2 saturated heterocycles. The van der Waals surface area contributed by atoms with Gasteiger partial charge in [-0.3, -0.25) is 14.4 Å². The van der Waals surface area contributed by atoms with E-state index in [4.69, 9.17) is 4.74 Å². The molecule has 8 nitrogen and oxygen atoms in total. The van der Waals surface area contributed by atoms with Crippen LogP contribution in [0.25, 0.3) is 0 Å². The number of likely N-dealkylation sites (N-methyl/N-ethyl adjacent to an activating group) is 1. The average molecular weight is 556 g/mol. The minimum atomic E-state index is -1.39. The summed E-state index contributed by atoms with van der Waals surface area (Å²) >= 11 is 0. The zero-order chi connectivity index (χ0) is 29.1. The molecule has 0 bridgehead atoms. The number of amides is 3. The van der Waals surface area contributed by atoms with Gasteiger partial charge in [0.15, 0.2) is 0 Å². The second kappa shape index (κ2) is 9.96. The van der Waals surface area contributed by atoms with Crippen LogP contribution >= 0.6 is 0 Å². The number of hydrogen-bond donors (Lipinski definition) is 1. The van der Waals surface area contributed by atoms with E-state index >= 15 is 0 Å². The van der Waals surface area contributed by atoms with Crippen molar-refractivity contribution < 1.29 is 24.2 Å². The van der Waals surface area contributed by atoms with E-state index in [9.17, 15) is 19.5 Å². The lowest BCUT2D eigenvalue weighted by molar-refractivity contribution is -0.152. The van der Waals surface area contributed by atoms with Crippen LogP contribution in [0.2, 0.25) is 0 Å². The van der Waals surface area contributed by atoms with Crippen molar-refractivity contribution in [3.63, 3.8) is 0 Å². The molecule has 0 aliphatic carbocycles. The molecule has 4 aliphatic heterocycles. The first-order valence-corrected chi connectivity index (χ1v) is 14.4. The topological polar surface area (TPSA) is 90.4 Å². The number of ether oxygens (including phenoxy) is 1. The zero-order valence-electron chi connectivity index (χ0n) is 24.0. The van der Waals surface area contributed by atoms with Crippen molar-refractivity contribution in [2.75, 3.05) is 31.6 Å². The van der Waals surface area contributed by atoms with Gasteiger partial charge in [-0.05, 0) is 43.0 Å². The molecule has 0 saturated carbocycles. The first kappa shape index (κ1) is 27.4.